The first-order valence-electron chi connectivity index (χ1n) is 3.74. The summed E-state index contributed by atoms with van der Waals surface area (Å²) in [5.74, 6) is 0. The van der Waals surface area contributed by atoms with Crippen molar-refractivity contribution in [3.8, 4) is 0 Å². The minimum Gasteiger partial charge on any atom is -0.397 e. The molecule has 0 saturated heterocycles. The van der Waals surface area contributed by atoms with Crippen LogP contribution in [0.5, 0.6) is 0 Å². The molecule has 0 aliphatic heterocycles. The number of allylic oxidation sites excluding steroid dienone is 1. The maximum atomic E-state index is 5.12. The topological polar surface area (TPSA) is 18.5 Å². The lowest BCUT2D eigenvalue weighted by atomic mass is 9.98. The third kappa shape index (κ3) is 6.28. The molecular formula is C8H18O2Si. The highest BCUT2D eigenvalue weighted by atomic mass is 28.3. The van der Waals surface area contributed by atoms with Crippen LogP contribution in [0, 0.1) is 5.41 Å². The Morgan fingerprint density at radius 1 is 1.09 bits per heavy atom. The molecule has 0 amide bonds. The van der Waals surface area contributed by atoms with Gasteiger partial charge in [-0.3, -0.25) is 0 Å². The van der Waals surface area contributed by atoms with Crippen molar-refractivity contribution in [2.24, 2.45) is 5.41 Å². The van der Waals surface area contributed by atoms with Crippen LogP contribution in [0.2, 0.25) is 0 Å². The third-order valence-electron chi connectivity index (χ3n) is 1.22. The van der Waals surface area contributed by atoms with E-state index < -0.39 is 9.28 Å². The zero-order chi connectivity index (χ0) is 8.91. The molecule has 0 bridgehead atoms. The second kappa shape index (κ2) is 4.69. The van der Waals surface area contributed by atoms with Crippen LogP contribution in [0.3, 0.4) is 0 Å². The second-order valence-electron chi connectivity index (χ2n) is 3.56. The Morgan fingerprint density at radius 2 is 1.55 bits per heavy atom. The minimum atomic E-state index is -1.47. The van der Waals surface area contributed by atoms with E-state index in [0.717, 1.165) is 0 Å². The molecule has 0 heterocycles. The van der Waals surface area contributed by atoms with Crippen molar-refractivity contribution < 1.29 is 8.85 Å². The SMILES string of the molecule is CO[SiH](C=CC(C)(C)C)OC. The highest BCUT2D eigenvalue weighted by molar-refractivity contribution is 6.50. The zero-order valence-corrected chi connectivity index (χ0v) is 9.20. The lowest BCUT2D eigenvalue weighted by Gasteiger charge is -2.13. The van der Waals surface area contributed by atoms with Gasteiger partial charge in [-0.2, -0.15) is 0 Å². The first-order chi connectivity index (χ1) is 4.99. The van der Waals surface area contributed by atoms with E-state index in [1.807, 2.05) is 0 Å². The predicted molar refractivity (Wildman–Crippen MR) is 49.8 cm³/mol. The number of hydrogen-bond donors (Lipinski definition) is 0. The molecule has 0 aliphatic carbocycles. The molecule has 0 aliphatic rings. The normalized spacial score (nSPS) is 13.3. The van der Waals surface area contributed by atoms with Gasteiger partial charge in [0.2, 0.25) is 0 Å². The van der Waals surface area contributed by atoms with Gasteiger partial charge in [0.05, 0.1) is 0 Å². The molecule has 0 radical (unpaired) electrons. The van der Waals surface area contributed by atoms with Gasteiger partial charge < -0.3 is 8.85 Å². The van der Waals surface area contributed by atoms with Crippen molar-refractivity contribution in [2.75, 3.05) is 14.2 Å². The van der Waals surface area contributed by atoms with Crippen molar-refractivity contribution in [2.45, 2.75) is 20.8 Å². The Kier molecular flexibility index (Phi) is 4.64. The van der Waals surface area contributed by atoms with Crippen LogP contribution in [0.25, 0.3) is 0 Å². The van der Waals surface area contributed by atoms with E-state index in [0.29, 0.717) is 0 Å². The van der Waals surface area contributed by atoms with Gasteiger partial charge in [0.1, 0.15) is 0 Å². The molecular weight excluding hydrogens is 156 g/mol. The minimum absolute atomic E-state index is 0.225. The van der Waals surface area contributed by atoms with Crippen LogP contribution in [0.1, 0.15) is 20.8 Å². The summed E-state index contributed by atoms with van der Waals surface area (Å²) in [6.07, 6.45) is 2.14. The largest absolute Gasteiger partial charge is 0.397 e. The Morgan fingerprint density at radius 3 is 1.82 bits per heavy atom. The highest BCUT2D eigenvalue weighted by Crippen LogP contribution is 2.14. The Hall–Kier alpha value is -0.123. The van der Waals surface area contributed by atoms with Gasteiger partial charge in [0.25, 0.3) is 0 Å². The van der Waals surface area contributed by atoms with Gasteiger partial charge in [0.15, 0.2) is 0 Å². The fraction of sp³-hybridized carbons (Fsp3) is 0.750. The third-order valence-corrected chi connectivity index (χ3v) is 2.65. The fourth-order valence-electron chi connectivity index (χ4n) is 0.621. The van der Waals surface area contributed by atoms with Crippen LogP contribution < -0.4 is 0 Å². The first kappa shape index (κ1) is 10.9. The van der Waals surface area contributed by atoms with Crippen LogP contribution in [0.4, 0.5) is 0 Å². The molecule has 0 N–H and O–H groups in total. The van der Waals surface area contributed by atoms with E-state index in [4.69, 9.17) is 8.85 Å². The maximum absolute atomic E-state index is 5.12. The van der Waals surface area contributed by atoms with Gasteiger partial charge in [-0.15, -0.1) is 0 Å². The van der Waals surface area contributed by atoms with Gasteiger partial charge in [-0.05, 0) is 11.1 Å². The quantitative estimate of drug-likeness (QED) is 0.606. The molecule has 0 saturated carbocycles. The van der Waals surface area contributed by atoms with Gasteiger partial charge in [-0.25, -0.2) is 0 Å². The molecule has 0 aromatic heterocycles. The monoisotopic (exact) mass is 174 g/mol. The molecule has 0 unspecified atom stereocenters. The average Bonchev–Trinajstić information content (AvgIpc) is 1.88. The lowest BCUT2D eigenvalue weighted by molar-refractivity contribution is 0.290. The molecule has 0 aromatic rings. The lowest BCUT2D eigenvalue weighted by Crippen LogP contribution is -2.17. The van der Waals surface area contributed by atoms with Crippen LogP contribution in [-0.4, -0.2) is 23.5 Å². The van der Waals surface area contributed by atoms with E-state index in [1.165, 1.54) is 0 Å². The first-order valence-corrected chi connectivity index (χ1v) is 5.35. The molecule has 0 fully saturated rings. The highest BCUT2D eigenvalue weighted by Gasteiger charge is 2.08. The van der Waals surface area contributed by atoms with Crippen molar-refractivity contribution in [3.63, 3.8) is 0 Å². The van der Waals surface area contributed by atoms with Crippen LogP contribution in [-0.2, 0) is 8.85 Å². The summed E-state index contributed by atoms with van der Waals surface area (Å²) in [4.78, 5) is 0. The summed E-state index contributed by atoms with van der Waals surface area (Å²) in [5.41, 5.74) is 2.28. The molecule has 2 nitrogen and oxygen atoms in total. The molecule has 11 heavy (non-hydrogen) atoms. The predicted octanol–water partition coefficient (Wildman–Crippen LogP) is 1.64. The van der Waals surface area contributed by atoms with Crippen LogP contribution in [0.15, 0.2) is 11.8 Å². The number of rotatable bonds is 3. The molecule has 0 spiro atoms. The van der Waals surface area contributed by atoms with Crippen molar-refractivity contribution in [1.82, 2.24) is 0 Å². The van der Waals surface area contributed by atoms with E-state index in [2.05, 4.69) is 32.5 Å². The average molecular weight is 174 g/mol. The standard InChI is InChI=1S/C8H18O2Si/c1-8(2,3)6-7-11(9-4)10-5/h6-7,11H,1-5H3. The summed E-state index contributed by atoms with van der Waals surface area (Å²) < 4.78 is 10.2. The van der Waals surface area contributed by atoms with E-state index in [-0.39, 0.29) is 5.41 Å². The summed E-state index contributed by atoms with van der Waals surface area (Å²) >= 11 is 0. The van der Waals surface area contributed by atoms with E-state index in [1.54, 1.807) is 14.2 Å². The maximum Gasteiger partial charge on any atom is 0.347 e. The summed E-state index contributed by atoms with van der Waals surface area (Å²) in [7, 11) is 1.90. The Labute approximate surface area is 71.1 Å². The van der Waals surface area contributed by atoms with Gasteiger partial charge in [0, 0.05) is 14.2 Å². The zero-order valence-electron chi connectivity index (χ0n) is 8.05. The molecule has 0 aromatic carbocycles. The molecule has 66 valence electrons. The van der Waals surface area contributed by atoms with Crippen LogP contribution >= 0.6 is 0 Å². The Bertz CT molecular complexity index is 123. The summed E-state index contributed by atoms with van der Waals surface area (Å²) in [6.45, 7) is 6.46. The molecule has 0 rings (SSSR count). The van der Waals surface area contributed by atoms with Gasteiger partial charge >= 0.3 is 9.28 Å². The smallest absolute Gasteiger partial charge is 0.347 e. The fourth-order valence-corrected chi connectivity index (χ4v) is 1.86. The van der Waals surface area contributed by atoms with Crippen molar-refractivity contribution in [1.29, 1.82) is 0 Å². The summed E-state index contributed by atoms with van der Waals surface area (Å²) in [6, 6.07) is 0. The summed E-state index contributed by atoms with van der Waals surface area (Å²) in [5, 5.41) is 0. The number of hydrogen-bond acceptors (Lipinski definition) is 2. The second-order valence-corrected chi connectivity index (χ2v) is 5.63. The van der Waals surface area contributed by atoms with E-state index >= 15 is 0 Å². The van der Waals surface area contributed by atoms with Crippen molar-refractivity contribution in [3.05, 3.63) is 11.8 Å². The molecule has 3 heteroatoms. The van der Waals surface area contributed by atoms with Gasteiger partial charge in [-0.1, -0.05) is 26.8 Å². The molecule has 0 atom stereocenters. The Balaban J connectivity index is 3.89. The van der Waals surface area contributed by atoms with Crippen molar-refractivity contribution >= 4 is 9.28 Å². The van der Waals surface area contributed by atoms with E-state index in [9.17, 15) is 0 Å².